The standard InChI is InChI=1S/C34H30N8O6S4/c43-31(41-51(45,46)29-19-15-27(16-20-29)39-33(49)37-23-7-3-1-4-8-23)35-25-11-13-26(14-12-25)36-32(44)42-52(47,48)30-21-17-28(18-22-30)40-34(50)38-24-9-5-2-6-10-24/h1-22H,(H2,35,41,43)(H2,36,42,44)(H2,37,39,49)(H2,38,40,50). The number of nitrogens with one attached hydrogen (secondary N) is 8. The fourth-order valence-electron chi connectivity index (χ4n) is 4.38. The van der Waals surface area contributed by atoms with E-state index in [0.717, 1.165) is 11.4 Å². The summed E-state index contributed by atoms with van der Waals surface area (Å²) in [5.41, 5.74) is 3.00. The molecule has 0 saturated heterocycles. The van der Waals surface area contributed by atoms with Crippen LogP contribution >= 0.6 is 24.4 Å². The first-order valence-electron chi connectivity index (χ1n) is 15.1. The summed E-state index contributed by atoms with van der Waals surface area (Å²) in [7, 11) is -8.46. The summed E-state index contributed by atoms with van der Waals surface area (Å²) in [5.74, 6) is 0. The van der Waals surface area contributed by atoms with Crippen LogP contribution in [0.4, 0.5) is 43.7 Å². The Bertz CT molecular complexity index is 2110. The predicted octanol–water partition coefficient (Wildman–Crippen LogP) is 6.33. The van der Waals surface area contributed by atoms with Gasteiger partial charge in [0.25, 0.3) is 20.0 Å². The van der Waals surface area contributed by atoms with Crippen molar-refractivity contribution in [1.82, 2.24) is 9.44 Å². The third kappa shape index (κ3) is 11.0. The minimum absolute atomic E-state index is 0.163. The molecule has 4 amide bonds. The van der Waals surface area contributed by atoms with Crippen molar-refractivity contribution in [1.29, 1.82) is 0 Å². The summed E-state index contributed by atoms with van der Waals surface area (Å²) in [4.78, 5) is 24.7. The monoisotopic (exact) mass is 774 g/mol. The lowest BCUT2D eigenvalue weighted by molar-refractivity contribution is 0.255. The molecule has 5 aromatic carbocycles. The molecule has 0 atom stereocenters. The molecule has 0 spiro atoms. The normalized spacial score (nSPS) is 10.9. The minimum atomic E-state index is -4.23. The highest BCUT2D eigenvalue weighted by atomic mass is 32.2. The Hall–Kier alpha value is -6.08. The molecule has 8 N–H and O–H groups in total. The van der Waals surface area contributed by atoms with E-state index in [-0.39, 0.29) is 21.2 Å². The van der Waals surface area contributed by atoms with Gasteiger partial charge in [0.05, 0.1) is 9.79 Å². The highest BCUT2D eigenvalue weighted by Crippen LogP contribution is 2.18. The summed E-state index contributed by atoms with van der Waals surface area (Å²) in [6.45, 7) is 0. The molecule has 0 fully saturated rings. The van der Waals surface area contributed by atoms with E-state index in [1.165, 1.54) is 72.8 Å². The van der Waals surface area contributed by atoms with Gasteiger partial charge in [-0.25, -0.2) is 35.9 Å². The van der Waals surface area contributed by atoms with E-state index in [0.29, 0.717) is 21.6 Å². The zero-order chi connectivity index (χ0) is 37.1. The van der Waals surface area contributed by atoms with E-state index in [1.807, 2.05) is 70.1 Å². The number of carbonyl (C=O) groups excluding carboxylic acids is 2. The molecular weight excluding hydrogens is 745 g/mol. The second kappa shape index (κ2) is 16.8. The van der Waals surface area contributed by atoms with Gasteiger partial charge in [-0.15, -0.1) is 0 Å². The number of thiocarbonyl (C=S) groups is 2. The van der Waals surface area contributed by atoms with Crippen molar-refractivity contribution in [3.8, 4) is 0 Å². The van der Waals surface area contributed by atoms with E-state index in [9.17, 15) is 26.4 Å². The van der Waals surface area contributed by atoms with E-state index >= 15 is 0 Å². The van der Waals surface area contributed by atoms with Gasteiger partial charge >= 0.3 is 12.1 Å². The third-order valence-electron chi connectivity index (χ3n) is 6.76. The summed E-state index contributed by atoms with van der Waals surface area (Å²) >= 11 is 10.6. The number of benzene rings is 5. The molecule has 0 aliphatic heterocycles. The highest BCUT2D eigenvalue weighted by Gasteiger charge is 2.19. The molecule has 0 aliphatic carbocycles. The zero-order valence-corrected chi connectivity index (χ0v) is 30.1. The van der Waals surface area contributed by atoms with Crippen LogP contribution in [0.2, 0.25) is 0 Å². The number of carbonyl (C=O) groups is 2. The van der Waals surface area contributed by atoms with Crippen LogP contribution in [0.1, 0.15) is 0 Å². The summed E-state index contributed by atoms with van der Waals surface area (Å²) in [6.07, 6.45) is 0. The third-order valence-corrected chi connectivity index (χ3v) is 9.87. The molecule has 0 radical (unpaired) electrons. The van der Waals surface area contributed by atoms with Crippen LogP contribution in [0.3, 0.4) is 0 Å². The Morgan fingerprint density at radius 1 is 0.365 bits per heavy atom. The zero-order valence-electron chi connectivity index (χ0n) is 26.8. The van der Waals surface area contributed by atoms with Gasteiger partial charge < -0.3 is 31.9 Å². The van der Waals surface area contributed by atoms with Crippen LogP contribution < -0.4 is 41.3 Å². The Balaban J connectivity index is 1.07. The highest BCUT2D eigenvalue weighted by molar-refractivity contribution is 7.90. The smallest absolute Gasteiger partial charge is 0.332 e. The van der Waals surface area contributed by atoms with Crippen molar-refractivity contribution in [2.24, 2.45) is 0 Å². The Morgan fingerprint density at radius 3 is 0.923 bits per heavy atom. The number of hydrogen-bond donors (Lipinski definition) is 8. The average Bonchev–Trinajstić information content (AvgIpc) is 3.10. The van der Waals surface area contributed by atoms with E-state index in [1.54, 1.807) is 0 Å². The van der Waals surface area contributed by atoms with Gasteiger partial charge in [0, 0.05) is 34.1 Å². The number of urea groups is 2. The maximum Gasteiger partial charge on any atom is 0.333 e. The van der Waals surface area contributed by atoms with Gasteiger partial charge in [0.15, 0.2) is 10.2 Å². The second-order valence-corrected chi connectivity index (χ2v) is 14.8. The first kappa shape index (κ1) is 37.2. The van der Waals surface area contributed by atoms with Gasteiger partial charge in [0.1, 0.15) is 0 Å². The summed E-state index contributed by atoms with van der Waals surface area (Å²) in [5, 5.41) is 17.3. The molecule has 266 valence electrons. The van der Waals surface area contributed by atoms with Crippen LogP contribution in [0.15, 0.2) is 143 Å². The second-order valence-electron chi connectivity index (χ2n) is 10.6. The first-order valence-corrected chi connectivity index (χ1v) is 18.9. The Morgan fingerprint density at radius 2 is 0.615 bits per heavy atom. The maximum atomic E-state index is 12.8. The number of sulfonamides is 2. The van der Waals surface area contributed by atoms with Gasteiger partial charge in [-0.2, -0.15) is 0 Å². The maximum absolute atomic E-state index is 12.8. The molecule has 0 aromatic heterocycles. The van der Waals surface area contributed by atoms with Gasteiger partial charge in [0.2, 0.25) is 0 Å². The van der Waals surface area contributed by atoms with Crippen LogP contribution in [-0.4, -0.2) is 39.1 Å². The number of para-hydroxylation sites is 2. The van der Waals surface area contributed by atoms with Crippen molar-refractivity contribution in [3.05, 3.63) is 133 Å². The molecule has 0 aliphatic rings. The topological polar surface area (TPSA) is 199 Å². The number of anilines is 6. The molecule has 0 unspecified atom stereocenters. The molecule has 0 bridgehead atoms. The fourth-order valence-corrected chi connectivity index (χ4v) is 6.66. The lowest BCUT2D eigenvalue weighted by atomic mass is 10.3. The Kier molecular flexibility index (Phi) is 12.0. The first-order chi connectivity index (χ1) is 24.8. The molecule has 0 heterocycles. The molecule has 0 saturated carbocycles. The van der Waals surface area contributed by atoms with Crippen LogP contribution in [-0.2, 0) is 20.0 Å². The van der Waals surface area contributed by atoms with Gasteiger partial charge in [-0.3, -0.25) is 0 Å². The van der Waals surface area contributed by atoms with Crippen molar-refractivity contribution in [3.63, 3.8) is 0 Å². The molecule has 5 rings (SSSR count). The van der Waals surface area contributed by atoms with Gasteiger partial charge in [-0.1, -0.05) is 36.4 Å². The van der Waals surface area contributed by atoms with Crippen molar-refractivity contribution in [2.75, 3.05) is 31.9 Å². The average molecular weight is 775 g/mol. The molecule has 5 aromatic rings. The number of amides is 4. The van der Waals surface area contributed by atoms with E-state index in [2.05, 4.69) is 31.9 Å². The van der Waals surface area contributed by atoms with E-state index in [4.69, 9.17) is 24.4 Å². The van der Waals surface area contributed by atoms with E-state index < -0.39 is 32.1 Å². The molecule has 18 heteroatoms. The van der Waals surface area contributed by atoms with Gasteiger partial charge in [-0.05, 0) is 121 Å². The van der Waals surface area contributed by atoms with Crippen LogP contribution in [0.25, 0.3) is 0 Å². The Labute approximate surface area is 310 Å². The summed E-state index contributed by atoms with van der Waals surface area (Å²) in [6, 6.07) is 33.2. The predicted molar refractivity (Wildman–Crippen MR) is 211 cm³/mol. The van der Waals surface area contributed by atoms with Crippen molar-refractivity contribution >= 4 is 101 Å². The van der Waals surface area contributed by atoms with Crippen molar-refractivity contribution < 1.29 is 26.4 Å². The van der Waals surface area contributed by atoms with Crippen LogP contribution in [0, 0.1) is 0 Å². The molecule has 14 nitrogen and oxygen atoms in total. The molecule has 52 heavy (non-hydrogen) atoms. The SMILES string of the molecule is O=C(Nc1ccc(NC(=O)NS(=O)(=O)c2ccc(NC(=S)Nc3ccccc3)cc2)cc1)NS(=O)(=O)c1ccc(NC(=S)Nc2ccccc2)cc1. The quantitative estimate of drug-likeness (QED) is 0.0736. The number of rotatable bonds is 10. The van der Waals surface area contributed by atoms with Crippen molar-refractivity contribution in [2.45, 2.75) is 9.79 Å². The number of hydrogen-bond acceptors (Lipinski definition) is 8. The lowest BCUT2D eigenvalue weighted by Crippen LogP contribution is -2.34. The summed E-state index contributed by atoms with van der Waals surface area (Å²) < 4.78 is 55.0. The van der Waals surface area contributed by atoms with Crippen LogP contribution in [0.5, 0.6) is 0 Å². The minimum Gasteiger partial charge on any atom is -0.332 e. The largest absolute Gasteiger partial charge is 0.333 e. The fraction of sp³-hybridized carbons (Fsp3) is 0. The molecular formula is C34H30N8O6S4. The lowest BCUT2D eigenvalue weighted by Gasteiger charge is -2.12.